The van der Waals surface area contributed by atoms with Gasteiger partial charge in [-0.1, -0.05) is 72.9 Å². The fraction of sp³-hybridized carbons (Fsp3) is 0.778. The molecule has 0 bridgehead atoms. The van der Waals surface area contributed by atoms with Crippen LogP contribution >= 0.6 is 0 Å². The quantitative estimate of drug-likeness (QED) is 0.422. The van der Waals surface area contributed by atoms with E-state index in [-0.39, 0.29) is 14.9 Å². The van der Waals surface area contributed by atoms with E-state index in [1.165, 1.54) is 16.3 Å². The fourth-order valence-corrected chi connectivity index (χ4v) is 0.824. The van der Waals surface area contributed by atoms with Crippen LogP contribution in [0.5, 0.6) is 0 Å². The Morgan fingerprint density at radius 3 is 1.43 bits per heavy atom. The van der Waals surface area contributed by atoms with Crippen molar-refractivity contribution < 1.29 is 8.85 Å². The van der Waals surface area contributed by atoms with Crippen LogP contribution in [-0.2, 0) is 8.85 Å². The Kier molecular flexibility index (Phi) is 63.6. The summed E-state index contributed by atoms with van der Waals surface area (Å²) in [4.78, 5) is 0. The van der Waals surface area contributed by atoms with Crippen molar-refractivity contribution >= 4 is 31.2 Å². The molecule has 146 valence electrons. The molecule has 23 heavy (non-hydrogen) atoms. The Balaban J connectivity index is -0.0000000421. The second kappa shape index (κ2) is 37.9. The molecule has 0 aromatic carbocycles. The summed E-state index contributed by atoms with van der Waals surface area (Å²) in [7, 11) is 4.78. The Bertz CT molecular complexity index is 201. The molecule has 0 spiro atoms. The van der Waals surface area contributed by atoms with Crippen LogP contribution in [0.1, 0.15) is 69.2 Å². The first kappa shape index (κ1) is 38.6. The van der Waals surface area contributed by atoms with Crippen LogP contribution in [0, 0.1) is 5.41 Å². The third-order valence-electron chi connectivity index (χ3n) is 2.26. The molecule has 0 atom stereocenters. The molecule has 0 aliphatic heterocycles. The van der Waals surface area contributed by atoms with E-state index in [0.29, 0.717) is 5.41 Å². The van der Waals surface area contributed by atoms with Gasteiger partial charge in [0, 0.05) is 24.0 Å². The predicted octanol–water partition coefficient (Wildman–Crippen LogP) is 3.22. The highest BCUT2D eigenvalue weighted by atomic mass is 28.2. The van der Waals surface area contributed by atoms with E-state index in [2.05, 4.69) is 50.3 Å². The second-order valence-electron chi connectivity index (χ2n) is 5.65. The molecule has 0 radical (unpaired) electrons. The average molecular weight is 383 g/mol. The Hall–Kier alpha value is 0.0506. The third kappa shape index (κ3) is 108. The van der Waals surface area contributed by atoms with Crippen LogP contribution in [0.15, 0.2) is 24.3 Å². The maximum atomic E-state index is 4.93. The summed E-state index contributed by atoms with van der Waals surface area (Å²) in [5.41, 5.74) is 0.603. The van der Waals surface area contributed by atoms with Gasteiger partial charge in [-0.25, -0.2) is 0 Å². The normalized spacial score (nSPS) is 9.70. The lowest BCUT2D eigenvalue weighted by molar-refractivity contribution is 0.358. The van der Waals surface area contributed by atoms with Gasteiger partial charge in [0.1, 0.15) is 21.0 Å². The van der Waals surface area contributed by atoms with Crippen molar-refractivity contribution in [3.05, 3.63) is 24.3 Å². The average Bonchev–Trinajstić information content (AvgIpc) is 2.42. The van der Waals surface area contributed by atoms with Crippen molar-refractivity contribution in [2.45, 2.75) is 75.3 Å². The highest BCUT2D eigenvalue weighted by Crippen LogP contribution is 2.15. The third-order valence-corrected chi connectivity index (χ3v) is 4.79. The van der Waals surface area contributed by atoms with E-state index < -0.39 is 0 Å². The topological polar surface area (TPSA) is 18.5 Å². The van der Waals surface area contributed by atoms with E-state index in [0.717, 1.165) is 40.4 Å². The summed E-state index contributed by atoms with van der Waals surface area (Å²) in [5.74, 6) is 0. The van der Waals surface area contributed by atoms with Crippen LogP contribution in [0.3, 0.4) is 0 Å². The van der Waals surface area contributed by atoms with Gasteiger partial charge in [-0.15, -0.1) is 0 Å². The molecule has 0 aromatic rings. The molecule has 0 saturated carbocycles. The van der Waals surface area contributed by atoms with Crippen molar-refractivity contribution in [1.29, 1.82) is 0 Å². The van der Waals surface area contributed by atoms with Crippen LogP contribution in [-0.4, -0.2) is 44.9 Å². The molecule has 0 saturated heterocycles. The molecule has 0 aliphatic rings. The molecule has 0 fully saturated rings. The number of allylic oxidation sites excluding steroid dienone is 3. The van der Waals surface area contributed by atoms with Crippen LogP contribution in [0.4, 0.5) is 0 Å². The van der Waals surface area contributed by atoms with Gasteiger partial charge in [0.25, 0.3) is 0 Å². The first-order valence-corrected chi connectivity index (χ1v) is 11.0. The van der Waals surface area contributed by atoms with Crippen molar-refractivity contribution in [1.82, 2.24) is 0 Å². The molecule has 0 heterocycles. The predicted molar refractivity (Wildman–Crippen MR) is 125 cm³/mol. The van der Waals surface area contributed by atoms with Crippen molar-refractivity contribution in [2.75, 3.05) is 13.7 Å². The molecule has 5 heteroatoms. The van der Waals surface area contributed by atoms with Gasteiger partial charge in [-0.05, 0) is 32.1 Å². The Morgan fingerprint density at radius 1 is 0.957 bits per heavy atom. The molecular weight excluding hydrogens is 332 g/mol. The van der Waals surface area contributed by atoms with Crippen LogP contribution < -0.4 is 0 Å². The standard InChI is InChI=1S/C5H12OSi.C5H14Si.C5H10.CH6OSi.2CH4/c1-2-3-4-5-6-7;1-5(2,3)4-6;1-3-5-4-2;1-2-3;;/h2-3H,4-5H2,1,7H3;4H2,1-3,6H3;3,5H,4H2,1-2H3;1,3H3;2*1H4. The van der Waals surface area contributed by atoms with E-state index in [9.17, 15) is 0 Å². The maximum Gasteiger partial charge on any atom is 0.145 e. The van der Waals surface area contributed by atoms with E-state index in [1.54, 1.807) is 7.11 Å². The van der Waals surface area contributed by atoms with Gasteiger partial charge in [-0.3, -0.25) is 0 Å². The summed E-state index contributed by atoms with van der Waals surface area (Å²) >= 11 is 0. The van der Waals surface area contributed by atoms with Gasteiger partial charge in [0.05, 0.1) is 0 Å². The highest BCUT2D eigenvalue weighted by Gasteiger charge is 2.03. The smallest absolute Gasteiger partial charge is 0.145 e. The zero-order chi connectivity index (χ0) is 17.6. The molecule has 0 aliphatic carbocycles. The number of hydrogen-bond acceptors (Lipinski definition) is 2. The SMILES string of the molecule is C.C.CC(C)(C)C[SiH3].CC=CCC.CC=CCCO[SiH3].CO[SiH3]. The minimum absolute atomic E-state index is 0. The Labute approximate surface area is 159 Å². The monoisotopic (exact) mass is 382 g/mol. The largest absolute Gasteiger partial charge is 0.431 e. The Morgan fingerprint density at radius 2 is 1.30 bits per heavy atom. The zero-order valence-electron chi connectivity index (χ0n) is 16.5. The first-order valence-electron chi connectivity index (χ1n) is 7.92. The second-order valence-corrected chi connectivity index (χ2v) is 7.75. The minimum atomic E-state index is 0. The molecular formula is C18H50O2Si3. The van der Waals surface area contributed by atoms with Crippen LogP contribution in [0.25, 0.3) is 0 Å². The zero-order valence-corrected chi connectivity index (χ0v) is 22.5. The summed E-state index contributed by atoms with van der Waals surface area (Å²) in [6.07, 6.45) is 10.6. The summed E-state index contributed by atoms with van der Waals surface area (Å²) in [6.45, 7) is 13.9. The van der Waals surface area contributed by atoms with Crippen molar-refractivity contribution in [2.24, 2.45) is 5.41 Å². The molecule has 0 rings (SSSR count). The lowest BCUT2D eigenvalue weighted by Gasteiger charge is -2.12. The molecule has 0 amide bonds. The molecule has 0 N–H and O–H groups in total. The summed E-state index contributed by atoms with van der Waals surface area (Å²) in [6, 6.07) is 1.41. The summed E-state index contributed by atoms with van der Waals surface area (Å²) < 4.78 is 9.32. The van der Waals surface area contributed by atoms with E-state index in [1.807, 2.05) is 19.9 Å². The van der Waals surface area contributed by atoms with E-state index in [4.69, 9.17) is 4.43 Å². The van der Waals surface area contributed by atoms with Gasteiger partial charge >= 0.3 is 0 Å². The minimum Gasteiger partial charge on any atom is -0.431 e. The van der Waals surface area contributed by atoms with Crippen LogP contribution in [0.2, 0.25) is 6.04 Å². The molecule has 0 aromatic heterocycles. The van der Waals surface area contributed by atoms with Gasteiger partial charge in [-0.2, -0.15) is 0 Å². The number of hydrogen-bond donors (Lipinski definition) is 0. The number of rotatable bonds is 4. The highest BCUT2D eigenvalue weighted by molar-refractivity contribution is 6.08. The van der Waals surface area contributed by atoms with Crippen molar-refractivity contribution in [3.63, 3.8) is 0 Å². The maximum absolute atomic E-state index is 4.93. The van der Waals surface area contributed by atoms with Crippen molar-refractivity contribution in [3.8, 4) is 0 Å². The summed E-state index contributed by atoms with van der Waals surface area (Å²) in [5, 5.41) is 0. The van der Waals surface area contributed by atoms with Gasteiger partial charge < -0.3 is 8.85 Å². The van der Waals surface area contributed by atoms with Gasteiger partial charge in [0.2, 0.25) is 0 Å². The fourth-order valence-electron chi connectivity index (χ4n) is 0.588. The van der Waals surface area contributed by atoms with E-state index >= 15 is 0 Å². The lowest BCUT2D eigenvalue weighted by Crippen LogP contribution is -2.01. The molecule has 2 nitrogen and oxygen atoms in total. The first-order chi connectivity index (χ1) is 9.80. The lowest BCUT2D eigenvalue weighted by atomic mass is 10.0. The van der Waals surface area contributed by atoms with Gasteiger partial charge in [0.15, 0.2) is 0 Å². The molecule has 0 unspecified atom stereocenters.